The summed E-state index contributed by atoms with van der Waals surface area (Å²) >= 11 is 3.35. The van der Waals surface area contributed by atoms with E-state index >= 15 is 0 Å². The summed E-state index contributed by atoms with van der Waals surface area (Å²) < 4.78 is 12.0. The molecule has 1 aromatic carbocycles. The van der Waals surface area contributed by atoms with Crippen LogP contribution in [0.2, 0.25) is 0 Å². The Kier molecular flexibility index (Phi) is 5.97. The van der Waals surface area contributed by atoms with Crippen LogP contribution in [0.4, 0.5) is 5.69 Å². The molecule has 2 rings (SSSR count). The van der Waals surface area contributed by atoms with Crippen molar-refractivity contribution in [3.8, 4) is 0 Å². The monoisotopic (exact) mass is 342 g/mol. The molecule has 1 aromatic rings. The number of hydrogen-bond acceptors (Lipinski definition) is 4. The van der Waals surface area contributed by atoms with Gasteiger partial charge in [0, 0.05) is 23.2 Å². The molecule has 1 amide bonds. The van der Waals surface area contributed by atoms with Crippen molar-refractivity contribution >= 4 is 27.5 Å². The van der Waals surface area contributed by atoms with E-state index in [9.17, 15) is 4.79 Å². The maximum absolute atomic E-state index is 11.7. The largest absolute Gasteiger partial charge is 0.370 e. The number of carbonyl (C=O) groups is 1. The molecule has 0 aromatic heterocycles. The molecule has 1 fully saturated rings. The van der Waals surface area contributed by atoms with Crippen molar-refractivity contribution < 1.29 is 14.3 Å². The van der Waals surface area contributed by atoms with Crippen molar-refractivity contribution in [2.24, 2.45) is 0 Å². The van der Waals surface area contributed by atoms with E-state index < -0.39 is 0 Å². The fourth-order valence-electron chi connectivity index (χ4n) is 1.98. The first-order valence-electron chi connectivity index (χ1n) is 6.63. The SMILES string of the molecule is CC1CNCC(COCC(=O)Nc2ccc(Br)cc2)O1. The lowest BCUT2D eigenvalue weighted by atomic mass is 10.2. The van der Waals surface area contributed by atoms with Gasteiger partial charge in [-0.15, -0.1) is 0 Å². The molecule has 0 spiro atoms. The summed E-state index contributed by atoms with van der Waals surface area (Å²) in [6, 6.07) is 7.41. The first-order chi connectivity index (χ1) is 9.63. The highest BCUT2D eigenvalue weighted by molar-refractivity contribution is 9.10. The minimum absolute atomic E-state index is 0.0132. The Labute approximate surface area is 127 Å². The van der Waals surface area contributed by atoms with Crippen molar-refractivity contribution in [2.75, 3.05) is 31.6 Å². The van der Waals surface area contributed by atoms with Gasteiger partial charge in [0.2, 0.25) is 5.91 Å². The molecule has 0 aliphatic carbocycles. The van der Waals surface area contributed by atoms with Gasteiger partial charge in [-0.1, -0.05) is 15.9 Å². The lowest BCUT2D eigenvalue weighted by molar-refractivity contribution is -0.123. The van der Waals surface area contributed by atoms with Crippen LogP contribution in [0.1, 0.15) is 6.92 Å². The Hall–Kier alpha value is -0.950. The fourth-order valence-corrected chi connectivity index (χ4v) is 2.25. The number of benzene rings is 1. The van der Waals surface area contributed by atoms with Crippen molar-refractivity contribution in [3.05, 3.63) is 28.7 Å². The summed E-state index contributed by atoms with van der Waals surface area (Å²) in [6.07, 6.45) is 0.202. The van der Waals surface area contributed by atoms with Crippen LogP contribution in [0.5, 0.6) is 0 Å². The summed E-state index contributed by atoms with van der Waals surface area (Å²) in [7, 11) is 0. The van der Waals surface area contributed by atoms with Crippen LogP contribution in [0.3, 0.4) is 0 Å². The molecular formula is C14H19BrN2O3. The van der Waals surface area contributed by atoms with Gasteiger partial charge in [0.25, 0.3) is 0 Å². The zero-order valence-corrected chi connectivity index (χ0v) is 13.0. The van der Waals surface area contributed by atoms with E-state index in [1.165, 1.54) is 0 Å². The smallest absolute Gasteiger partial charge is 0.250 e. The molecule has 5 nitrogen and oxygen atoms in total. The predicted octanol–water partition coefficient (Wildman–Crippen LogP) is 1.78. The van der Waals surface area contributed by atoms with E-state index in [-0.39, 0.29) is 24.7 Å². The predicted molar refractivity (Wildman–Crippen MR) is 80.8 cm³/mol. The topological polar surface area (TPSA) is 59.6 Å². The average Bonchev–Trinajstić information content (AvgIpc) is 2.41. The number of amides is 1. The van der Waals surface area contributed by atoms with E-state index in [0.717, 1.165) is 23.2 Å². The molecular weight excluding hydrogens is 324 g/mol. The maximum Gasteiger partial charge on any atom is 0.250 e. The zero-order valence-electron chi connectivity index (χ0n) is 11.4. The molecule has 20 heavy (non-hydrogen) atoms. The molecule has 1 saturated heterocycles. The van der Waals surface area contributed by atoms with Gasteiger partial charge < -0.3 is 20.1 Å². The number of ether oxygens (including phenoxy) is 2. The highest BCUT2D eigenvalue weighted by Crippen LogP contribution is 2.13. The third-order valence-corrected chi connectivity index (χ3v) is 3.42. The van der Waals surface area contributed by atoms with Crippen LogP contribution in [0.15, 0.2) is 28.7 Å². The van der Waals surface area contributed by atoms with Gasteiger partial charge in [0.1, 0.15) is 6.61 Å². The molecule has 1 aliphatic rings. The van der Waals surface area contributed by atoms with E-state index in [0.29, 0.717) is 6.61 Å². The molecule has 2 N–H and O–H groups in total. The minimum Gasteiger partial charge on any atom is -0.370 e. The fraction of sp³-hybridized carbons (Fsp3) is 0.500. The molecule has 0 bridgehead atoms. The van der Waals surface area contributed by atoms with E-state index in [1.807, 2.05) is 31.2 Å². The highest BCUT2D eigenvalue weighted by Gasteiger charge is 2.18. The van der Waals surface area contributed by atoms with Crippen LogP contribution in [-0.2, 0) is 14.3 Å². The second-order valence-electron chi connectivity index (χ2n) is 4.80. The van der Waals surface area contributed by atoms with E-state index in [4.69, 9.17) is 9.47 Å². The number of carbonyl (C=O) groups excluding carboxylic acids is 1. The van der Waals surface area contributed by atoms with Crippen LogP contribution < -0.4 is 10.6 Å². The molecule has 2 atom stereocenters. The van der Waals surface area contributed by atoms with Crippen molar-refractivity contribution in [2.45, 2.75) is 19.1 Å². The first kappa shape index (κ1) is 15.4. The van der Waals surface area contributed by atoms with E-state index in [1.54, 1.807) is 0 Å². The Morgan fingerprint density at radius 1 is 1.45 bits per heavy atom. The van der Waals surface area contributed by atoms with Gasteiger partial charge in [-0.3, -0.25) is 4.79 Å². The summed E-state index contributed by atoms with van der Waals surface area (Å²) in [5.41, 5.74) is 0.756. The molecule has 1 aliphatic heterocycles. The molecule has 2 unspecified atom stereocenters. The van der Waals surface area contributed by atoms with Gasteiger partial charge in [-0.2, -0.15) is 0 Å². The van der Waals surface area contributed by atoms with Gasteiger partial charge in [-0.05, 0) is 31.2 Å². The first-order valence-corrected chi connectivity index (χ1v) is 7.42. The van der Waals surface area contributed by atoms with Crippen molar-refractivity contribution in [3.63, 3.8) is 0 Å². The van der Waals surface area contributed by atoms with Gasteiger partial charge in [0.05, 0.1) is 18.8 Å². The summed E-state index contributed by atoms with van der Waals surface area (Å²) in [4.78, 5) is 11.7. The Morgan fingerprint density at radius 2 is 2.20 bits per heavy atom. The van der Waals surface area contributed by atoms with Gasteiger partial charge >= 0.3 is 0 Å². The number of rotatable bonds is 5. The maximum atomic E-state index is 11.7. The Bertz CT molecular complexity index is 439. The van der Waals surface area contributed by atoms with Crippen LogP contribution in [0.25, 0.3) is 0 Å². The second-order valence-corrected chi connectivity index (χ2v) is 5.71. The van der Waals surface area contributed by atoms with Crippen LogP contribution >= 0.6 is 15.9 Å². The quantitative estimate of drug-likeness (QED) is 0.856. The molecule has 110 valence electrons. The molecule has 0 radical (unpaired) electrons. The lowest BCUT2D eigenvalue weighted by Crippen LogP contribution is -2.45. The number of anilines is 1. The van der Waals surface area contributed by atoms with E-state index in [2.05, 4.69) is 26.6 Å². The van der Waals surface area contributed by atoms with Crippen LogP contribution in [-0.4, -0.2) is 44.4 Å². The third-order valence-electron chi connectivity index (χ3n) is 2.89. The standard InChI is InChI=1S/C14H19BrN2O3/c1-10-6-16-7-13(20-10)8-19-9-14(18)17-12-4-2-11(15)3-5-12/h2-5,10,13,16H,6-9H2,1H3,(H,17,18). The molecule has 1 heterocycles. The summed E-state index contributed by atoms with van der Waals surface area (Å²) in [5.74, 6) is -0.163. The second kappa shape index (κ2) is 7.73. The normalized spacial score (nSPS) is 22.5. The number of halogens is 1. The number of nitrogens with one attached hydrogen (secondary N) is 2. The highest BCUT2D eigenvalue weighted by atomic mass is 79.9. The Balaban J connectivity index is 1.66. The third kappa shape index (κ3) is 5.20. The van der Waals surface area contributed by atoms with Crippen molar-refractivity contribution in [1.82, 2.24) is 5.32 Å². The lowest BCUT2D eigenvalue weighted by Gasteiger charge is -2.28. The molecule has 0 saturated carbocycles. The van der Waals surface area contributed by atoms with Crippen LogP contribution in [0, 0.1) is 0 Å². The minimum atomic E-state index is -0.163. The van der Waals surface area contributed by atoms with Gasteiger partial charge in [-0.25, -0.2) is 0 Å². The zero-order chi connectivity index (χ0) is 14.4. The Morgan fingerprint density at radius 3 is 2.90 bits per heavy atom. The number of morpholine rings is 1. The van der Waals surface area contributed by atoms with Gasteiger partial charge in [0.15, 0.2) is 0 Å². The molecule has 6 heteroatoms. The summed E-state index contributed by atoms with van der Waals surface area (Å²) in [6.45, 7) is 4.09. The average molecular weight is 343 g/mol. The summed E-state index contributed by atoms with van der Waals surface area (Å²) in [5, 5.41) is 6.03. The number of hydrogen-bond donors (Lipinski definition) is 2. The van der Waals surface area contributed by atoms with Crippen molar-refractivity contribution in [1.29, 1.82) is 0 Å².